The molecule has 1 aliphatic heterocycles. The summed E-state index contributed by atoms with van der Waals surface area (Å²) in [5.41, 5.74) is 0. The Morgan fingerprint density at radius 1 is 1.06 bits per heavy atom. The molecule has 0 aromatic rings. The lowest BCUT2D eigenvalue weighted by molar-refractivity contribution is 0.0591. The molecule has 2 aliphatic rings. The fourth-order valence-electron chi connectivity index (χ4n) is 3.38. The molecule has 1 aliphatic carbocycles. The van der Waals surface area contributed by atoms with E-state index >= 15 is 0 Å². The summed E-state index contributed by atoms with van der Waals surface area (Å²) in [7, 11) is 2.11. The Morgan fingerprint density at radius 3 is 2.35 bits per heavy atom. The molecule has 3 heteroatoms. The van der Waals surface area contributed by atoms with Crippen LogP contribution in [0.25, 0.3) is 0 Å². The topological polar surface area (TPSA) is 18.5 Å². The van der Waals surface area contributed by atoms with E-state index in [1.54, 1.807) is 0 Å². The second-order valence-electron chi connectivity index (χ2n) is 5.97. The molecule has 1 saturated heterocycles. The van der Waals surface area contributed by atoms with E-state index in [2.05, 4.69) is 36.0 Å². The molecule has 1 N–H and O–H groups in total. The van der Waals surface area contributed by atoms with Gasteiger partial charge >= 0.3 is 0 Å². The lowest BCUT2D eigenvalue weighted by Gasteiger charge is -2.43. The molecule has 0 amide bonds. The summed E-state index contributed by atoms with van der Waals surface area (Å²) in [6, 6.07) is 2.32. The van der Waals surface area contributed by atoms with Gasteiger partial charge in [-0.05, 0) is 40.2 Å². The Hall–Kier alpha value is -0.120. The van der Waals surface area contributed by atoms with Gasteiger partial charge in [0.1, 0.15) is 0 Å². The van der Waals surface area contributed by atoms with Crippen molar-refractivity contribution in [3.8, 4) is 0 Å². The summed E-state index contributed by atoms with van der Waals surface area (Å²) in [5, 5.41) is 3.46. The predicted octanol–water partition coefficient (Wildman–Crippen LogP) is 1.54. The number of nitrogens with zero attached hydrogens (tertiary/aromatic N) is 2. The summed E-state index contributed by atoms with van der Waals surface area (Å²) in [6.45, 7) is 9.70. The van der Waals surface area contributed by atoms with Crippen molar-refractivity contribution >= 4 is 0 Å². The monoisotopic (exact) mass is 239 g/mol. The molecule has 17 heavy (non-hydrogen) atoms. The van der Waals surface area contributed by atoms with Gasteiger partial charge in [-0.3, -0.25) is 9.80 Å². The van der Waals surface area contributed by atoms with Gasteiger partial charge in [0.25, 0.3) is 0 Å². The Morgan fingerprint density at radius 2 is 1.76 bits per heavy atom. The molecule has 0 aromatic carbocycles. The molecule has 2 atom stereocenters. The van der Waals surface area contributed by atoms with Crippen LogP contribution in [0.15, 0.2) is 0 Å². The first-order valence-electron chi connectivity index (χ1n) is 7.36. The first-order valence-corrected chi connectivity index (χ1v) is 7.36. The lowest BCUT2D eigenvalue weighted by Crippen LogP contribution is -2.54. The molecule has 0 bridgehead atoms. The fourth-order valence-corrected chi connectivity index (χ4v) is 3.38. The molecule has 3 nitrogen and oxygen atoms in total. The Kier molecular flexibility index (Phi) is 4.83. The number of nitrogens with one attached hydrogen (secondary N) is 1. The third-order valence-electron chi connectivity index (χ3n) is 4.65. The smallest absolute Gasteiger partial charge is 0.0113 e. The summed E-state index contributed by atoms with van der Waals surface area (Å²) in [6.07, 6.45) is 5.55. The van der Waals surface area contributed by atoms with Crippen molar-refractivity contribution in [3.05, 3.63) is 0 Å². The predicted molar refractivity (Wildman–Crippen MR) is 73.4 cm³/mol. The first kappa shape index (κ1) is 13.3. The Labute approximate surface area is 107 Å². The Bertz CT molecular complexity index is 222. The highest BCUT2D eigenvalue weighted by atomic mass is 15.3. The van der Waals surface area contributed by atoms with E-state index in [1.807, 2.05) is 0 Å². The SMILES string of the molecule is CNC1CCCC(N2CCN(C(C)C)CC2)C1. The van der Waals surface area contributed by atoms with Gasteiger partial charge in [0.05, 0.1) is 0 Å². The van der Waals surface area contributed by atoms with Crippen molar-refractivity contribution in [1.29, 1.82) is 0 Å². The van der Waals surface area contributed by atoms with Crippen molar-refractivity contribution in [2.45, 2.75) is 57.7 Å². The largest absolute Gasteiger partial charge is 0.317 e. The molecule has 0 aromatic heterocycles. The van der Waals surface area contributed by atoms with Crippen molar-refractivity contribution < 1.29 is 0 Å². The van der Waals surface area contributed by atoms with Crippen LogP contribution in [0.4, 0.5) is 0 Å². The highest BCUT2D eigenvalue weighted by Gasteiger charge is 2.28. The molecule has 1 heterocycles. The average molecular weight is 239 g/mol. The van der Waals surface area contributed by atoms with Gasteiger partial charge in [-0.25, -0.2) is 0 Å². The standard InChI is InChI=1S/C14H29N3/c1-12(2)16-7-9-17(10-8-16)14-6-4-5-13(11-14)15-3/h12-15H,4-11H2,1-3H3. The Balaban J connectivity index is 1.80. The van der Waals surface area contributed by atoms with Gasteiger partial charge in [-0.1, -0.05) is 6.42 Å². The summed E-state index contributed by atoms with van der Waals surface area (Å²) in [5.74, 6) is 0. The quantitative estimate of drug-likeness (QED) is 0.806. The highest BCUT2D eigenvalue weighted by molar-refractivity contribution is 4.86. The van der Waals surface area contributed by atoms with E-state index in [1.165, 1.54) is 51.9 Å². The van der Waals surface area contributed by atoms with Crippen LogP contribution >= 0.6 is 0 Å². The molecule has 2 fully saturated rings. The number of rotatable bonds is 3. The van der Waals surface area contributed by atoms with Crippen LogP contribution in [0.5, 0.6) is 0 Å². The van der Waals surface area contributed by atoms with Gasteiger partial charge in [-0.2, -0.15) is 0 Å². The number of hydrogen-bond acceptors (Lipinski definition) is 3. The van der Waals surface area contributed by atoms with Crippen LogP contribution in [0.2, 0.25) is 0 Å². The molecular weight excluding hydrogens is 210 g/mol. The van der Waals surface area contributed by atoms with Crippen LogP contribution in [-0.4, -0.2) is 61.2 Å². The van der Waals surface area contributed by atoms with E-state index < -0.39 is 0 Å². The zero-order chi connectivity index (χ0) is 12.3. The third-order valence-corrected chi connectivity index (χ3v) is 4.65. The van der Waals surface area contributed by atoms with Crippen molar-refractivity contribution in [1.82, 2.24) is 15.1 Å². The summed E-state index contributed by atoms with van der Waals surface area (Å²) in [4.78, 5) is 5.34. The first-order chi connectivity index (χ1) is 8.20. The van der Waals surface area contributed by atoms with E-state index in [0.717, 1.165) is 12.1 Å². The molecular formula is C14H29N3. The average Bonchev–Trinajstić information content (AvgIpc) is 2.39. The van der Waals surface area contributed by atoms with Gasteiger partial charge in [-0.15, -0.1) is 0 Å². The maximum atomic E-state index is 3.46. The van der Waals surface area contributed by atoms with E-state index in [4.69, 9.17) is 0 Å². The maximum Gasteiger partial charge on any atom is 0.0113 e. The van der Waals surface area contributed by atoms with Gasteiger partial charge in [0.15, 0.2) is 0 Å². The normalized spacial score (nSPS) is 33.2. The van der Waals surface area contributed by atoms with Crippen molar-refractivity contribution in [2.24, 2.45) is 0 Å². The molecule has 100 valence electrons. The summed E-state index contributed by atoms with van der Waals surface area (Å²) < 4.78 is 0. The van der Waals surface area contributed by atoms with Gasteiger partial charge in [0.2, 0.25) is 0 Å². The summed E-state index contributed by atoms with van der Waals surface area (Å²) >= 11 is 0. The molecule has 0 spiro atoms. The van der Waals surface area contributed by atoms with Crippen LogP contribution in [-0.2, 0) is 0 Å². The minimum Gasteiger partial charge on any atom is -0.317 e. The maximum absolute atomic E-state index is 3.46. The zero-order valence-corrected chi connectivity index (χ0v) is 11.8. The number of piperazine rings is 1. The lowest BCUT2D eigenvalue weighted by atomic mass is 9.89. The molecule has 2 rings (SSSR count). The fraction of sp³-hybridized carbons (Fsp3) is 1.00. The van der Waals surface area contributed by atoms with E-state index in [-0.39, 0.29) is 0 Å². The van der Waals surface area contributed by atoms with Crippen LogP contribution in [0.1, 0.15) is 39.5 Å². The molecule has 0 radical (unpaired) electrons. The van der Waals surface area contributed by atoms with Gasteiger partial charge < -0.3 is 5.32 Å². The molecule has 2 unspecified atom stereocenters. The molecule has 1 saturated carbocycles. The van der Waals surface area contributed by atoms with Gasteiger partial charge in [0, 0.05) is 44.3 Å². The van der Waals surface area contributed by atoms with Crippen LogP contribution in [0, 0.1) is 0 Å². The van der Waals surface area contributed by atoms with Crippen molar-refractivity contribution in [2.75, 3.05) is 33.2 Å². The van der Waals surface area contributed by atoms with Crippen LogP contribution in [0.3, 0.4) is 0 Å². The van der Waals surface area contributed by atoms with E-state index in [9.17, 15) is 0 Å². The number of hydrogen-bond donors (Lipinski definition) is 1. The second-order valence-corrected chi connectivity index (χ2v) is 5.97. The highest BCUT2D eigenvalue weighted by Crippen LogP contribution is 2.24. The minimum atomic E-state index is 0.716. The van der Waals surface area contributed by atoms with E-state index in [0.29, 0.717) is 6.04 Å². The second kappa shape index (κ2) is 6.17. The third kappa shape index (κ3) is 3.43. The minimum absolute atomic E-state index is 0.716. The van der Waals surface area contributed by atoms with Crippen LogP contribution < -0.4 is 5.32 Å². The van der Waals surface area contributed by atoms with Crippen molar-refractivity contribution in [3.63, 3.8) is 0 Å². The zero-order valence-electron chi connectivity index (χ0n) is 11.8.